The lowest BCUT2D eigenvalue weighted by atomic mass is 10.1. The molecule has 0 aliphatic heterocycles. The maximum absolute atomic E-state index is 13.8. The van der Waals surface area contributed by atoms with Crippen LogP contribution in [0.2, 0.25) is 0 Å². The number of fused-ring (bicyclic) bond motifs is 1. The lowest BCUT2D eigenvalue weighted by molar-refractivity contribution is -0.114. The molecule has 2 N–H and O–H groups in total. The first kappa shape index (κ1) is 30.2. The highest BCUT2D eigenvalue weighted by Crippen LogP contribution is 2.40. The molecular weight excluding hydrogens is 565 g/mol. The van der Waals surface area contributed by atoms with E-state index in [4.69, 9.17) is 14.1 Å². The van der Waals surface area contributed by atoms with Crippen LogP contribution in [0.5, 0.6) is 5.75 Å². The molecule has 0 spiro atoms. The summed E-state index contributed by atoms with van der Waals surface area (Å²) in [6, 6.07) is 11.4. The summed E-state index contributed by atoms with van der Waals surface area (Å²) in [6.07, 6.45) is 3.60. The van der Waals surface area contributed by atoms with Gasteiger partial charge in [0.1, 0.15) is 5.75 Å². The number of likely N-dealkylation sites (N-methyl/N-ethyl adjacent to an activating group) is 2. The number of rotatable bonds is 11. The maximum atomic E-state index is 13.8. The van der Waals surface area contributed by atoms with Crippen molar-refractivity contribution in [2.24, 2.45) is 7.05 Å². The Labute approximate surface area is 254 Å². The zero-order valence-electron chi connectivity index (χ0n) is 25.5. The van der Waals surface area contributed by atoms with Crippen molar-refractivity contribution in [1.29, 1.82) is 0 Å². The summed E-state index contributed by atoms with van der Waals surface area (Å²) in [5.41, 5.74) is 4.43. The predicted octanol–water partition coefficient (Wildman–Crippen LogP) is 5.17. The number of aryl methyl sites for hydroxylation is 2. The first-order valence-electron chi connectivity index (χ1n) is 13.8. The van der Waals surface area contributed by atoms with E-state index in [9.17, 15) is 9.18 Å². The highest BCUT2D eigenvalue weighted by molar-refractivity contribution is 6.04. The van der Waals surface area contributed by atoms with Crippen LogP contribution in [0.1, 0.15) is 5.89 Å². The fraction of sp³-hybridized carbons (Fsp3) is 0.258. The molecule has 0 bridgehead atoms. The van der Waals surface area contributed by atoms with Crippen molar-refractivity contribution in [3.05, 3.63) is 67.1 Å². The van der Waals surface area contributed by atoms with E-state index in [0.717, 1.165) is 23.0 Å². The number of aromatic nitrogens is 5. The maximum Gasteiger partial charge on any atom is 0.283 e. The van der Waals surface area contributed by atoms with Gasteiger partial charge in [-0.25, -0.2) is 14.4 Å². The van der Waals surface area contributed by atoms with Gasteiger partial charge in [-0.2, -0.15) is 0 Å². The zero-order chi connectivity index (χ0) is 31.5. The highest BCUT2D eigenvalue weighted by Gasteiger charge is 2.22. The number of anilines is 4. The van der Waals surface area contributed by atoms with Crippen molar-refractivity contribution < 1.29 is 18.3 Å². The van der Waals surface area contributed by atoms with Crippen LogP contribution < -0.4 is 20.3 Å². The predicted molar refractivity (Wildman–Crippen MR) is 169 cm³/mol. The number of carbonyl (C=O) groups excluding carboxylic acids is 1. The molecule has 0 saturated heterocycles. The van der Waals surface area contributed by atoms with E-state index in [-0.39, 0.29) is 11.8 Å². The molecular formula is C31H34FN9O3. The van der Waals surface area contributed by atoms with Crippen LogP contribution >= 0.6 is 0 Å². The third kappa shape index (κ3) is 6.22. The molecule has 3 aromatic heterocycles. The van der Waals surface area contributed by atoms with Crippen LogP contribution in [0.3, 0.4) is 0 Å². The van der Waals surface area contributed by atoms with E-state index in [1.165, 1.54) is 7.11 Å². The molecule has 5 aromatic rings. The average molecular weight is 600 g/mol. The molecule has 3 heterocycles. The van der Waals surface area contributed by atoms with E-state index in [1.54, 1.807) is 25.3 Å². The van der Waals surface area contributed by atoms with Crippen molar-refractivity contribution in [2.45, 2.75) is 6.92 Å². The Bertz CT molecular complexity index is 1850. The number of hydrogen-bond donors (Lipinski definition) is 2. The summed E-state index contributed by atoms with van der Waals surface area (Å²) in [7, 11) is 9.31. The van der Waals surface area contributed by atoms with Gasteiger partial charge in [-0.05, 0) is 26.2 Å². The fourth-order valence-electron chi connectivity index (χ4n) is 4.77. The Kier molecular flexibility index (Phi) is 8.58. The molecule has 2 aromatic carbocycles. The number of halogens is 1. The Balaban J connectivity index is 1.61. The van der Waals surface area contributed by atoms with Crippen molar-refractivity contribution in [2.75, 3.05) is 56.9 Å². The number of hydrogen-bond acceptors (Lipinski definition) is 10. The average Bonchev–Trinajstić information content (AvgIpc) is 3.58. The number of carbonyl (C=O) groups is 1. The van der Waals surface area contributed by atoms with Crippen LogP contribution in [0.15, 0.2) is 65.6 Å². The van der Waals surface area contributed by atoms with E-state index < -0.39 is 11.7 Å². The third-order valence-electron chi connectivity index (χ3n) is 7.05. The lowest BCUT2D eigenvalue weighted by Crippen LogP contribution is -2.29. The topological polar surface area (TPSA) is 126 Å². The molecule has 13 heteroatoms. The fourth-order valence-corrected chi connectivity index (χ4v) is 4.77. The standard InChI is InChI=1S/C31H34FN9O3/c1-18(32)29(42)34-23-14-24(27(43-7)15-26(23)40(5)13-12-39(3)4)35-31-33-16-21(30-38-37-19(2)44-30)28(36-31)22-17-41(6)25-11-9-8-10-20(22)25/h8-11,14-17H,1,12-13H2,2-7H3,(H,34,42)(H,33,35,36). The van der Waals surface area contributed by atoms with Gasteiger partial charge >= 0.3 is 0 Å². The molecule has 12 nitrogen and oxygen atoms in total. The molecule has 0 unspecified atom stereocenters. The zero-order valence-corrected chi connectivity index (χ0v) is 25.5. The van der Waals surface area contributed by atoms with E-state index in [1.807, 2.05) is 73.0 Å². The Morgan fingerprint density at radius 2 is 1.89 bits per heavy atom. The van der Waals surface area contributed by atoms with Gasteiger partial charge in [0.05, 0.1) is 35.4 Å². The van der Waals surface area contributed by atoms with Gasteiger partial charge in [-0.15, -0.1) is 10.2 Å². The van der Waals surface area contributed by atoms with E-state index >= 15 is 0 Å². The van der Waals surface area contributed by atoms with Crippen LogP contribution in [-0.2, 0) is 11.8 Å². The highest BCUT2D eigenvalue weighted by atomic mass is 19.1. The molecule has 0 saturated carbocycles. The molecule has 0 fully saturated rings. The largest absolute Gasteiger partial charge is 0.494 e. The molecule has 5 rings (SSSR count). The quantitative estimate of drug-likeness (QED) is 0.197. The van der Waals surface area contributed by atoms with E-state index in [0.29, 0.717) is 46.5 Å². The SMILES string of the molecule is C=C(F)C(=O)Nc1cc(Nc2ncc(-c3nnc(C)o3)c(-c3cn(C)c4ccccc34)n2)c(OC)cc1N(C)CCN(C)C. The summed E-state index contributed by atoms with van der Waals surface area (Å²) in [6.45, 7) is 6.23. The molecule has 0 radical (unpaired) electrons. The Morgan fingerprint density at radius 3 is 2.57 bits per heavy atom. The van der Waals surface area contributed by atoms with Crippen molar-refractivity contribution in [3.8, 4) is 28.5 Å². The Hall–Kier alpha value is -5.30. The number of ether oxygens (including phenoxy) is 1. The second kappa shape index (κ2) is 12.5. The smallest absolute Gasteiger partial charge is 0.283 e. The molecule has 228 valence electrons. The van der Waals surface area contributed by atoms with Gasteiger partial charge < -0.3 is 34.2 Å². The number of nitrogens with zero attached hydrogens (tertiary/aromatic N) is 7. The number of benzene rings is 2. The van der Waals surface area contributed by atoms with Gasteiger partial charge in [0.15, 0.2) is 5.83 Å². The second-order valence-corrected chi connectivity index (χ2v) is 10.5. The summed E-state index contributed by atoms with van der Waals surface area (Å²) in [5.74, 6) is -0.648. The van der Waals surface area contributed by atoms with Crippen LogP contribution in [0.4, 0.5) is 27.4 Å². The number of nitrogens with one attached hydrogen (secondary N) is 2. The van der Waals surface area contributed by atoms with Crippen LogP contribution in [0, 0.1) is 6.92 Å². The minimum Gasteiger partial charge on any atom is -0.494 e. The van der Waals surface area contributed by atoms with Crippen molar-refractivity contribution in [3.63, 3.8) is 0 Å². The molecule has 0 aliphatic rings. The molecule has 0 aliphatic carbocycles. The minimum atomic E-state index is -1.10. The summed E-state index contributed by atoms with van der Waals surface area (Å²) < 4.78 is 27.2. The van der Waals surface area contributed by atoms with Gasteiger partial charge in [0.2, 0.25) is 11.8 Å². The number of amides is 1. The summed E-state index contributed by atoms with van der Waals surface area (Å²) >= 11 is 0. The first-order valence-corrected chi connectivity index (χ1v) is 13.8. The van der Waals surface area contributed by atoms with Gasteiger partial charge in [-0.1, -0.05) is 24.8 Å². The van der Waals surface area contributed by atoms with Crippen molar-refractivity contribution in [1.82, 2.24) is 29.6 Å². The lowest BCUT2D eigenvalue weighted by Gasteiger charge is -2.26. The second-order valence-electron chi connectivity index (χ2n) is 10.5. The Morgan fingerprint density at radius 1 is 1.11 bits per heavy atom. The van der Waals surface area contributed by atoms with Gasteiger partial charge in [0, 0.05) is 69.0 Å². The van der Waals surface area contributed by atoms with Gasteiger partial charge in [0.25, 0.3) is 11.8 Å². The van der Waals surface area contributed by atoms with Crippen LogP contribution in [0.25, 0.3) is 33.6 Å². The third-order valence-corrected chi connectivity index (χ3v) is 7.05. The molecule has 44 heavy (non-hydrogen) atoms. The molecule has 0 atom stereocenters. The minimum absolute atomic E-state index is 0.243. The van der Waals surface area contributed by atoms with Crippen molar-refractivity contribution >= 4 is 39.8 Å². The number of para-hydroxylation sites is 1. The normalized spacial score (nSPS) is 11.2. The summed E-state index contributed by atoms with van der Waals surface area (Å²) in [4.78, 5) is 25.8. The van der Waals surface area contributed by atoms with Crippen LogP contribution in [-0.4, -0.2) is 76.9 Å². The first-order chi connectivity index (χ1) is 21.0. The monoisotopic (exact) mass is 599 g/mol. The van der Waals surface area contributed by atoms with E-state index in [2.05, 4.69) is 32.4 Å². The molecule has 1 amide bonds. The summed E-state index contributed by atoms with van der Waals surface area (Å²) in [5, 5.41) is 15.0. The van der Waals surface area contributed by atoms with Gasteiger partial charge in [-0.3, -0.25) is 4.79 Å². The number of methoxy groups -OCH3 is 1.